The van der Waals surface area contributed by atoms with Gasteiger partial charge in [-0.3, -0.25) is 9.59 Å². The molecule has 80 valence electrons. The Balaban J connectivity index is 2.65. The molecule has 1 rings (SSSR count). The molecule has 4 nitrogen and oxygen atoms in total. The Morgan fingerprint density at radius 2 is 2.07 bits per heavy atom. The van der Waals surface area contributed by atoms with Gasteiger partial charge in [0, 0.05) is 19.0 Å². The monoisotopic (exact) mass is 199 g/mol. The molecule has 1 fully saturated rings. The molecular weight excluding hydrogens is 182 g/mol. The first kappa shape index (κ1) is 11.0. The van der Waals surface area contributed by atoms with Gasteiger partial charge in [0.25, 0.3) is 0 Å². The molecule has 0 radical (unpaired) electrons. The molecule has 1 N–H and O–H groups in total. The predicted octanol–water partition coefficient (Wildman–Crippen LogP) is 0.964. The molecule has 1 saturated heterocycles. The maximum Gasteiger partial charge on any atom is 0.308 e. The summed E-state index contributed by atoms with van der Waals surface area (Å²) in [5.41, 5.74) is 0. The second-order valence-electron chi connectivity index (χ2n) is 4.27. The number of rotatable bonds is 3. The number of carbonyl (C=O) groups excluding carboxylic acids is 1. The van der Waals surface area contributed by atoms with Gasteiger partial charge in [0.1, 0.15) is 0 Å². The summed E-state index contributed by atoms with van der Waals surface area (Å²) in [6.45, 7) is 6.40. The van der Waals surface area contributed by atoms with Gasteiger partial charge in [0.2, 0.25) is 5.91 Å². The maximum atomic E-state index is 11.5. The highest BCUT2D eigenvalue weighted by molar-refractivity contribution is 5.86. The Kier molecular flexibility index (Phi) is 3.13. The molecule has 14 heavy (non-hydrogen) atoms. The van der Waals surface area contributed by atoms with Crippen LogP contribution in [-0.4, -0.2) is 34.5 Å². The second kappa shape index (κ2) is 3.98. The van der Waals surface area contributed by atoms with Crippen LogP contribution in [0.15, 0.2) is 0 Å². The van der Waals surface area contributed by atoms with Gasteiger partial charge in [-0.05, 0) is 12.8 Å². The molecule has 0 aliphatic carbocycles. The average molecular weight is 199 g/mol. The smallest absolute Gasteiger partial charge is 0.308 e. The van der Waals surface area contributed by atoms with Crippen LogP contribution in [0.3, 0.4) is 0 Å². The lowest BCUT2D eigenvalue weighted by atomic mass is 10.1. The van der Waals surface area contributed by atoms with Crippen molar-refractivity contribution in [3.05, 3.63) is 0 Å². The van der Waals surface area contributed by atoms with Crippen molar-refractivity contribution < 1.29 is 14.7 Å². The summed E-state index contributed by atoms with van der Waals surface area (Å²) < 4.78 is 0. The van der Waals surface area contributed by atoms with Crippen molar-refractivity contribution in [2.24, 2.45) is 11.8 Å². The number of nitrogens with zero attached hydrogens (tertiary/aromatic N) is 1. The Morgan fingerprint density at radius 1 is 1.50 bits per heavy atom. The fourth-order valence-electron chi connectivity index (χ4n) is 1.65. The number of amides is 1. The topological polar surface area (TPSA) is 57.6 Å². The average Bonchev–Trinajstić information content (AvgIpc) is 2.46. The fraction of sp³-hybridized carbons (Fsp3) is 0.800. The molecular formula is C10H17NO3. The van der Waals surface area contributed by atoms with Gasteiger partial charge in [0.05, 0.1) is 5.92 Å². The summed E-state index contributed by atoms with van der Waals surface area (Å²) in [6.07, 6.45) is 0.159. The van der Waals surface area contributed by atoms with Crippen molar-refractivity contribution in [3.63, 3.8) is 0 Å². The normalized spacial score (nSPS) is 24.4. The van der Waals surface area contributed by atoms with Gasteiger partial charge in [0.15, 0.2) is 0 Å². The second-order valence-corrected chi connectivity index (χ2v) is 4.27. The molecule has 0 aromatic heterocycles. The highest BCUT2D eigenvalue weighted by Crippen LogP contribution is 2.23. The van der Waals surface area contributed by atoms with Crippen LogP contribution < -0.4 is 0 Å². The first-order valence-electron chi connectivity index (χ1n) is 4.95. The first-order valence-corrected chi connectivity index (χ1v) is 4.95. The maximum absolute atomic E-state index is 11.5. The molecule has 0 spiro atoms. The van der Waals surface area contributed by atoms with Crippen molar-refractivity contribution in [1.82, 2.24) is 4.90 Å². The molecule has 1 aliphatic rings. The number of hydrogen-bond donors (Lipinski definition) is 1. The number of hydrogen-bond acceptors (Lipinski definition) is 2. The fourth-order valence-corrected chi connectivity index (χ4v) is 1.65. The number of aliphatic carboxylic acids is 1. The third-order valence-electron chi connectivity index (χ3n) is 2.96. The lowest BCUT2D eigenvalue weighted by Crippen LogP contribution is -2.38. The Morgan fingerprint density at radius 3 is 2.43 bits per heavy atom. The standard InChI is InChI=1S/C10H17NO3/c1-6(2)7(3)11-5-8(10(13)14)4-9(11)12/h6-8H,4-5H2,1-3H3,(H,13,14). The molecule has 0 bridgehead atoms. The quantitative estimate of drug-likeness (QED) is 0.736. The lowest BCUT2D eigenvalue weighted by Gasteiger charge is -2.27. The van der Waals surface area contributed by atoms with Crippen LogP contribution in [0, 0.1) is 11.8 Å². The van der Waals surface area contributed by atoms with Gasteiger partial charge in [-0.1, -0.05) is 13.8 Å². The molecule has 4 heteroatoms. The number of carboxylic acid groups (broad SMARTS) is 1. The van der Waals surface area contributed by atoms with Crippen molar-refractivity contribution in [2.45, 2.75) is 33.2 Å². The zero-order valence-electron chi connectivity index (χ0n) is 8.86. The van der Waals surface area contributed by atoms with E-state index in [-0.39, 0.29) is 18.4 Å². The van der Waals surface area contributed by atoms with Crippen LogP contribution in [0.25, 0.3) is 0 Å². The van der Waals surface area contributed by atoms with E-state index in [0.29, 0.717) is 12.5 Å². The van der Waals surface area contributed by atoms with Gasteiger partial charge >= 0.3 is 5.97 Å². The van der Waals surface area contributed by atoms with E-state index in [9.17, 15) is 9.59 Å². The van der Waals surface area contributed by atoms with Gasteiger partial charge in [-0.2, -0.15) is 0 Å². The van der Waals surface area contributed by atoms with Crippen molar-refractivity contribution in [1.29, 1.82) is 0 Å². The van der Waals surface area contributed by atoms with Crippen LogP contribution >= 0.6 is 0 Å². The Labute approximate surface area is 83.9 Å². The van der Waals surface area contributed by atoms with Crippen molar-refractivity contribution in [3.8, 4) is 0 Å². The summed E-state index contributed by atoms with van der Waals surface area (Å²) in [5.74, 6) is -1.04. The highest BCUT2D eigenvalue weighted by Gasteiger charge is 2.37. The molecule has 2 unspecified atom stereocenters. The van der Waals surface area contributed by atoms with Crippen LogP contribution in [0.2, 0.25) is 0 Å². The van der Waals surface area contributed by atoms with E-state index < -0.39 is 11.9 Å². The zero-order valence-corrected chi connectivity index (χ0v) is 8.86. The van der Waals surface area contributed by atoms with E-state index in [2.05, 4.69) is 0 Å². The number of likely N-dealkylation sites (tertiary alicyclic amines) is 1. The molecule has 1 aliphatic heterocycles. The summed E-state index contributed by atoms with van der Waals surface area (Å²) in [7, 11) is 0. The Bertz CT molecular complexity index is 250. The highest BCUT2D eigenvalue weighted by atomic mass is 16.4. The third-order valence-corrected chi connectivity index (χ3v) is 2.96. The summed E-state index contributed by atoms with van der Waals surface area (Å²) in [6, 6.07) is 0.131. The molecule has 1 amide bonds. The van der Waals surface area contributed by atoms with Crippen LogP contribution in [0.5, 0.6) is 0 Å². The SMILES string of the molecule is CC(C)C(C)N1CC(C(=O)O)CC1=O. The minimum atomic E-state index is -0.864. The molecule has 0 aromatic carbocycles. The van der Waals surface area contributed by atoms with Crippen molar-refractivity contribution >= 4 is 11.9 Å². The minimum Gasteiger partial charge on any atom is -0.481 e. The summed E-state index contributed by atoms with van der Waals surface area (Å²) in [4.78, 5) is 23.9. The number of carboxylic acids is 1. The minimum absolute atomic E-state index is 0.0291. The summed E-state index contributed by atoms with van der Waals surface area (Å²) in [5, 5.41) is 8.79. The molecule has 0 saturated carbocycles. The Hall–Kier alpha value is -1.06. The van der Waals surface area contributed by atoms with Gasteiger partial charge in [-0.15, -0.1) is 0 Å². The third kappa shape index (κ3) is 2.05. The lowest BCUT2D eigenvalue weighted by molar-refractivity contribution is -0.141. The molecule has 2 atom stereocenters. The van der Waals surface area contributed by atoms with E-state index >= 15 is 0 Å². The molecule has 0 aromatic rings. The zero-order chi connectivity index (χ0) is 10.9. The van der Waals surface area contributed by atoms with E-state index in [4.69, 9.17) is 5.11 Å². The van der Waals surface area contributed by atoms with E-state index in [0.717, 1.165) is 0 Å². The summed E-state index contributed by atoms with van der Waals surface area (Å²) >= 11 is 0. The first-order chi connectivity index (χ1) is 6.43. The van der Waals surface area contributed by atoms with Gasteiger partial charge < -0.3 is 10.0 Å². The van der Waals surface area contributed by atoms with Crippen LogP contribution in [0.1, 0.15) is 27.2 Å². The van der Waals surface area contributed by atoms with Crippen LogP contribution in [0.4, 0.5) is 0 Å². The van der Waals surface area contributed by atoms with E-state index in [1.54, 1.807) is 4.90 Å². The number of carbonyl (C=O) groups is 2. The van der Waals surface area contributed by atoms with Gasteiger partial charge in [-0.25, -0.2) is 0 Å². The van der Waals surface area contributed by atoms with E-state index in [1.165, 1.54) is 0 Å². The largest absolute Gasteiger partial charge is 0.481 e. The van der Waals surface area contributed by atoms with Crippen LogP contribution in [-0.2, 0) is 9.59 Å². The predicted molar refractivity (Wildman–Crippen MR) is 51.8 cm³/mol. The van der Waals surface area contributed by atoms with Crippen molar-refractivity contribution in [2.75, 3.05) is 6.54 Å². The molecule has 1 heterocycles. The van der Waals surface area contributed by atoms with E-state index in [1.807, 2.05) is 20.8 Å².